The summed E-state index contributed by atoms with van der Waals surface area (Å²) in [5.74, 6) is 0.974. The van der Waals surface area contributed by atoms with Gasteiger partial charge in [-0.3, -0.25) is 0 Å². The standard InChI is InChI=1S/C23H16Cl2N4O2S/c24-14-10-8-13(9-11-14)12-32-23-27-22-20(28-29-23)15-4-1-2-6-17(15)26-21(31-22)16-5-3-7-18(30)19(16)25/h1-11,21,26,30H,12H2. The van der Waals surface area contributed by atoms with Crippen molar-refractivity contribution in [2.45, 2.75) is 17.1 Å². The number of ether oxygens (including phenoxy) is 1. The molecule has 0 saturated carbocycles. The Kier molecular flexibility index (Phi) is 5.78. The van der Waals surface area contributed by atoms with E-state index in [4.69, 9.17) is 27.9 Å². The van der Waals surface area contributed by atoms with Gasteiger partial charge in [-0.1, -0.05) is 77.4 Å². The number of nitrogens with one attached hydrogen (secondary N) is 1. The fourth-order valence-electron chi connectivity index (χ4n) is 3.32. The number of anilines is 1. The fraction of sp³-hybridized carbons (Fsp3) is 0.0870. The van der Waals surface area contributed by atoms with Crippen LogP contribution in [0.3, 0.4) is 0 Å². The molecular weight excluding hydrogens is 467 g/mol. The highest BCUT2D eigenvalue weighted by molar-refractivity contribution is 7.98. The van der Waals surface area contributed by atoms with Crippen LogP contribution in [0, 0.1) is 0 Å². The van der Waals surface area contributed by atoms with Gasteiger partial charge in [-0.2, -0.15) is 4.98 Å². The highest BCUT2D eigenvalue weighted by atomic mass is 35.5. The molecule has 1 aromatic heterocycles. The summed E-state index contributed by atoms with van der Waals surface area (Å²) in [7, 11) is 0. The molecule has 1 atom stereocenters. The Morgan fingerprint density at radius 1 is 0.969 bits per heavy atom. The second-order valence-corrected chi connectivity index (χ2v) is 8.79. The van der Waals surface area contributed by atoms with Crippen molar-refractivity contribution < 1.29 is 9.84 Å². The van der Waals surface area contributed by atoms with Gasteiger partial charge in [0.25, 0.3) is 0 Å². The summed E-state index contributed by atoms with van der Waals surface area (Å²) in [6.07, 6.45) is -0.678. The van der Waals surface area contributed by atoms with E-state index in [2.05, 4.69) is 20.5 Å². The summed E-state index contributed by atoms with van der Waals surface area (Å²) in [6.45, 7) is 0. The molecule has 0 spiro atoms. The van der Waals surface area contributed by atoms with Crippen LogP contribution in [0.2, 0.25) is 10.0 Å². The van der Waals surface area contributed by atoms with Crippen molar-refractivity contribution in [2.24, 2.45) is 0 Å². The maximum Gasteiger partial charge on any atom is 0.247 e. The van der Waals surface area contributed by atoms with Crippen LogP contribution in [0.1, 0.15) is 17.4 Å². The Balaban J connectivity index is 1.50. The number of phenols is 1. The normalized spacial score (nSPS) is 14.5. The molecule has 1 aliphatic heterocycles. The third kappa shape index (κ3) is 4.19. The number of aromatic hydroxyl groups is 1. The lowest BCUT2D eigenvalue weighted by atomic mass is 10.1. The molecule has 0 amide bonds. The first-order valence-electron chi connectivity index (χ1n) is 9.70. The number of phenolic OH excluding ortho intramolecular Hbond substituents is 1. The molecule has 5 rings (SSSR count). The van der Waals surface area contributed by atoms with Crippen LogP contribution in [-0.2, 0) is 5.75 Å². The van der Waals surface area contributed by atoms with Gasteiger partial charge in [0, 0.05) is 27.6 Å². The van der Waals surface area contributed by atoms with Crippen LogP contribution in [0.15, 0.2) is 71.9 Å². The Hall–Kier alpha value is -3.00. The quantitative estimate of drug-likeness (QED) is 0.328. The Labute approximate surface area is 198 Å². The molecular formula is C23H16Cl2N4O2S. The second kappa shape index (κ2) is 8.86. The fourth-order valence-corrected chi connectivity index (χ4v) is 4.40. The van der Waals surface area contributed by atoms with E-state index in [-0.39, 0.29) is 10.8 Å². The average molecular weight is 483 g/mol. The SMILES string of the molecule is Oc1cccc(C2Nc3ccccc3-c3nnc(SCc4ccc(Cl)cc4)nc3O2)c1Cl. The highest BCUT2D eigenvalue weighted by Crippen LogP contribution is 2.41. The van der Waals surface area contributed by atoms with Crippen molar-refractivity contribution in [2.75, 3.05) is 5.32 Å². The van der Waals surface area contributed by atoms with Gasteiger partial charge in [0.1, 0.15) is 5.75 Å². The third-order valence-electron chi connectivity index (χ3n) is 4.91. The predicted molar refractivity (Wildman–Crippen MR) is 126 cm³/mol. The molecule has 0 aliphatic carbocycles. The van der Waals surface area contributed by atoms with E-state index in [0.29, 0.717) is 33.1 Å². The van der Waals surface area contributed by atoms with E-state index >= 15 is 0 Å². The lowest BCUT2D eigenvalue weighted by Crippen LogP contribution is -2.17. The van der Waals surface area contributed by atoms with Gasteiger partial charge in [0.2, 0.25) is 11.0 Å². The summed E-state index contributed by atoms with van der Waals surface area (Å²) in [6, 6.07) is 20.3. The first-order valence-corrected chi connectivity index (χ1v) is 11.4. The van der Waals surface area contributed by atoms with E-state index in [0.717, 1.165) is 16.8 Å². The van der Waals surface area contributed by atoms with Crippen molar-refractivity contribution in [3.8, 4) is 22.9 Å². The molecule has 2 N–H and O–H groups in total. The molecule has 3 aromatic carbocycles. The smallest absolute Gasteiger partial charge is 0.247 e. The zero-order valence-electron chi connectivity index (χ0n) is 16.5. The van der Waals surface area contributed by atoms with Crippen molar-refractivity contribution in [3.05, 3.63) is 87.9 Å². The molecule has 0 radical (unpaired) electrons. The molecule has 0 bridgehead atoms. The number of aromatic nitrogens is 3. The van der Waals surface area contributed by atoms with Crippen molar-refractivity contribution in [1.82, 2.24) is 15.2 Å². The first kappa shape index (κ1) is 20.9. The van der Waals surface area contributed by atoms with Crippen LogP contribution in [0.25, 0.3) is 11.3 Å². The van der Waals surface area contributed by atoms with Gasteiger partial charge in [0.15, 0.2) is 11.9 Å². The summed E-state index contributed by atoms with van der Waals surface area (Å²) >= 11 is 13.8. The lowest BCUT2D eigenvalue weighted by Gasteiger charge is -2.20. The summed E-state index contributed by atoms with van der Waals surface area (Å²) in [5, 5.41) is 23.5. The monoisotopic (exact) mass is 482 g/mol. The second-order valence-electron chi connectivity index (χ2n) is 7.03. The molecule has 6 nitrogen and oxygen atoms in total. The zero-order valence-corrected chi connectivity index (χ0v) is 18.8. The number of hydrogen-bond donors (Lipinski definition) is 2. The zero-order chi connectivity index (χ0) is 22.1. The minimum absolute atomic E-state index is 0.0210. The maximum absolute atomic E-state index is 10.1. The van der Waals surface area contributed by atoms with Gasteiger partial charge < -0.3 is 15.2 Å². The van der Waals surface area contributed by atoms with Gasteiger partial charge in [0.05, 0.1) is 5.02 Å². The molecule has 4 aromatic rings. The van der Waals surface area contributed by atoms with E-state index in [1.54, 1.807) is 12.1 Å². The van der Waals surface area contributed by atoms with Crippen molar-refractivity contribution >= 4 is 40.7 Å². The Bertz CT molecular complexity index is 1290. The van der Waals surface area contributed by atoms with Gasteiger partial charge in [-0.25, -0.2) is 0 Å². The van der Waals surface area contributed by atoms with Gasteiger partial charge in [-0.15, -0.1) is 10.2 Å². The molecule has 1 unspecified atom stereocenters. The Morgan fingerprint density at radius 3 is 2.62 bits per heavy atom. The van der Waals surface area contributed by atoms with E-state index in [9.17, 15) is 5.11 Å². The third-order valence-corrected chi connectivity index (χ3v) is 6.48. The number of nitrogens with zero attached hydrogens (tertiary/aromatic N) is 3. The van der Waals surface area contributed by atoms with Crippen molar-refractivity contribution in [1.29, 1.82) is 0 Å². The topological polar surface area (TPSA) is 80.2 Å². The van der Waals surface area contributed by atoms with E-state index < -0.39 is 6.23 Å². The number of para-hydroxylation sites is 1. The minimum atomic E-state index is -0.678. The predicted octanol–water partition coefficient (Wildman–Crippen LogP) is 6.35. The van der Waals surface area contributed by atoms with Gasteiger partial charge >= 0.3 is 0 Å². The van der Waals surface area contributed by atoms with Crippen LogP contribution >= 0.6 is 35.0 Å². The molecule has 1 aliphatic rings. The number of rotatable bonds is 4. The number of hydrogen-bond acceptors (Lipinski definition) is 7. The van der Waals surface area contributed by atoms with Crippen LogP contribution in [0.4, 0.5) is 5.69 Å². The molecule has 160 valence electrons. The number of thioether (sulfide) groups is 1. The number of fused-ring (bicyclic) bond motifs is 3. The maximum atomic E-state index is 10.1. The van der Waals surface area contributed by atoms with E-state index in [1.807, 2.05) is 48.5 Å². The van der Waals surface area contributed by atoms with Crippen LogP contribution in [0.5, 0.6) is 11.6 Å². The molecule has 2 heterocycles. The van der Waals surface area contributed by atoms with E-state index in [1.165, 1.54) is 17.8 Å². The molecule has 0 fully saturated rings. The highest BCUT2D eigenvalue weighted by Gasteiger charge is 2.27. The Morgan fingerprint density at radius 2 is 1.78 bits per heavy atom. The summed E-state index contributed by atoms with van der Waals surface area (Å²) in [5.41, 5.74) is 3.82. The first-order chi connectivity index (χ1) is 15.6. The average Bonchev–Trinajstić information content (AvgIpc) is 2.97. The van der Waals surface area contributed by atoms with Crippen molar-refractivity contribution in [3.63, 3.8) is 0 Å². The number of benzene rings is 3. The van der Waals surface area contributed by atoms with Gasteiger partial charge in [-0.05, 0) is 29.8 Å². The largest absolute Gasteiger partial charge is 0.506 e. The lowest BCUT2D eigenvalue weighted by molar-refractivity contribution is 0.225. The van der Waals surface area contributed by atoms with Crippen LogP contribution < -0.4 is 10.1 Å². The molecule has 9 heteroatoms. The summed E-state index contributed by atoms with van der Waals surface area (Å²) in [4.78, 5) is 4.63. The summed E-state index contributed by atoms with van der Waals surface area (Å²) < 4.78 is 6.22. The minimum Gasteiger partial charge on any atom is -0.506 e. The van der Waals surface area contributed by atoms with Crippen LogP contribution in [-0.4, -0.2) is 20.3 Å². The number of halogens is 2. The molecule has 0 saturated heterocycles. The molecule has 32 heavy (non-hydrogen) atoms.